The van der Waals surface area contributed by atoms with Crippen LogP contribution in [-0.2, 0) is 14.3 Å². The molecule has 120 valence electrons. The molecule has 2 aliphatic heterocycles. The maximum Gasteiger partial charge on any atom is 0.248 e. The molecule has 1 atom stereocenters. The third kappa shape index (κ3) is 3.08. The van der Waals surface area contributed by atoms with Crippen molar-refractivity contribution in [3.63, 3.8) is 0 Å². The third-order valence-corrected chi connectivity index (χ3v) is 4.38. The summed E-state index contributed by atoms with van der Waals surface area (Å²) < 4.78 is 16.9. The molecule has 0 radical (unpaired) electrons. The van der Waals surface area contributed by atoms with E-state index in [2.05, 4.69) is 4.98 Å². The van der Waals surface area contributed by atoms with Crippen LogP contribution in [-0.4, -0.2) is 60.9 Å². The van der Waals surface area contributed by atoms with Crippen molar-refractivity contribution >= 4 is 5.91 Å². The molecule has 0 aliphatic carbocycles. The van der Waals surface area contributed by atoms with Crippen LogP contribution in [0.2, 0.25) is 0 Å². The molecule has 0 saturated carbocycles. The number of hydrogen-bond donors (Lipinski definition) is 0. The van der Waals surface area contributed by atoms with Gasteiger partial charge in [-0.1, -0.05) is 0 Å². The molecule has 2 aliphatic rings. The van der Waals surface area contributed by atoms with E-state index in [-0.39, 0.29) is 18.1 Å². The highest BCUT2D eigenvalue weighted by atomic mass is 16.5. The van der Waals surface area contributed by atoms with Crippen LogP contribution in [0.3, 0.4) is 0 Å². The number of pyridine rings is 1. The van der Waals surface area contributed by atoms with Crippen molar-refractivity contribution in [1.82, 2.24) is 9.88 Å². The molecule has 2 saturated heterocycles. The number of aromatic nitrogens is 1. The Labute approximate surface area is 130 Å². The summed E-state index contributed by atoms with van der Waals surface area (Å²) in [6.07, 6.45) is 4.40. The van der Waals surface area contributed by atoms with Gasteiger partial charge in [0.25, 0.3) is 0 Å². The first-order chi connectivity index (χ1) is 10.7. The summed E-state index contributed by atoms with van der Waals surface area (Å²) in [6.45, 7) is 5.21. The molecule has 3 rings (SSSR count). The summed E-state index contributed by atoms with van der Waals surface area (Å²) in [6, 6.07) is 3.75. The van der Waals surface area contributed by atoms with Gasteiger partial charge in [0.2, 0.25) is 5.91 Å². The molecule has 1 unspecified atom stereocenters. The van der Waals surface area contributed by atoms with Crippen molar-refractivity contribution in [3.8, 4) is 5.75 Å². The Morgan fingerprint density at radius 3 is 3.14 bits per heavy atom. The largest absolute Gasteiger partial charge is 0.492 e. The van der Waals surface area contributed by atoms with E-state index in [1.807, 2.05) is 19.1 Å². The Kier molecular flexibility index (Phi) is 4.59. The van der Waals surface area contributed by atoms with Gasteiger partial charge < -0.3 is 19.1 Å². The molecule has 1 spiro atoms. The van der Waals surface area contributed by atoms with E-state index in [9.17, 15) is 4.79 Å². The van der Waals surface area contributed by atoms with Crippen LogP contribution in [0.15, 0.2) is 24.5 Å². The third-order valence-electron chi connectivity index (χ3n) is 4.38. The normalized spacial score (nSPS) is 22.6. The standard InChI is InChI=1S/C16H22N2O4/c1-2-20-10-15(19)18-11-16(12-18)13(5-7-22-16)9-21-14-4-3-6-17-8-14/h3-4,6,8,13H,2,5,7,9-12H2,1H3. The van der Waals surface area contributed by atoms with Crippen molar-refractivity contribution < 1.29 is 19.0 Å². The minimum Gasteiger partial charge on any atom is -0.492 e. The second kappa shape index (κ2) is 6.62. The fourth-order valence-corrected chi connectivity index (χ4v) is 3.06. The summed E-state index contributed by atoms with van der Waals surface area (Å²) in [5.74, 6) is 1.12. The van der Waals surface area contributed by atoms with Crippen LogP contribution >= 0.6 is 0 Å². The van der Waals surface area contributed by atoms with E-state index in [4.69, 9.17) is 14.2 Å². The lowest BCUT2D eigenvalue weighted by atomic mass is 9.81. The average Bonchev–Trinajstić information content (AvgIpc) is 2.94. The lowest BCUT2D eigenvalue weighted by Gasteiger charge is -2.50. The number of hydrogen-bond acceptors (Lipinski definition) is 5. The smallest absolute Gasteiger partial charge is 0.248 e. The number of rotatable bonds is 6. The van der Waals surface area contributed by atoms with Crippen LogP contribution in [0.1, 0.15) is 13.3 Å². The predicted molar refractivity (Wildman–Crippen MR) is 79.6 cm³/mol. The van der Waals surface area contributed by atoms with Gasteiger partial charge in [-0.05, 0) is 25.5 Å². The zero-order chi connectivity index (χ0) is 15.4. The van der Waals surface area contributed by atoms with Gasteiger partial charge in [0.05, 0.1) is 25.9 Å². The molecule has 2 fully saturated rings. The maximum atomic E-state index is 11.9. The number of likely N-dealkylation sites (tertiary alicyclic amines) is 1. The van der Waals surface area contributed by atoms with E-state index >= 15 is 0 Å². The van der Waals surface area contributed by atoms with Gasteiger partial charge in [-0.25, -0.2) is 0 Å². The summed E-state index contributed by atoms with van der Waals surface area (Å²) >= 11 is 0. The van der Waals surface area contributed by atoms with Gasteiger partial charge >= 0.3 is 0 Å². The van der Waals surface area contributed by atoms with E-state index in [0.29, 0.717) is 32.2 Å². The van der Waals surface area contributed by atoms with Gasteiger partial charge in [0.15, 0.2) is 0 Å². The molecule has 1 amide bonds. The summed E-state index contributed by atoms with van der Waals surface area (Å²) in [5, 5.41) is 0. The van der Waals surface area contributed by atoms with Crippen LogP contribution in [0.4, 0.5) is 0 Å². The van der Waals surface area contributed by atoms with Crippen LogP contribution in [0.25, 0.3) is 0 Å². The topological polar surface area (TPSA) is 60.9 Å². The molecule has 0 N–H and O–H groups in total. The fourth-order valence-electron chi connectivity index (χ4n) is 3.06. The van der Waals surface area contributed by atoms with Gasteiger partial charge in [0.1, 0.15) is 18.0 Å². The van der Waals surface area contributed by atoms with E-state index in [1.54, 1.807) is 17.3 Å². The highest BCUT2D eigenvalue weighted by molar-refractivity contribution is 5.78. The molecule has 0 aromatic carbocycles. The minimum absolute atomic E-state index is 0.0369. The van der Waals surface area contributed by atoms with Crippen molar-refractivity contribution in [3.05, 3.63) is 24.5 Å². The van der Waals surface area contributed by atoms with Gasteiger partial charge in [0, 0.05) is 25.3 Å². The number of carbonyl (C=O) groups excluding carboxylic acids is 1. The predicted octanol–water partition coefficient (Wildman–Crippen LogP) is 1.11. The molecular weight excluding hydrogens is 284 g/mol. The van der Waals surface area contributed by atoms with E-state index < -0.39 is 0 Å². The summed E-state index contributed by atoms with van der Waals surface area (Å²) in [4.78, 5) is 17.8. The van der Waals surface area contributed by atoms with Crippen molar-refractivity contribution in [2.75, 3.05) is 39.5 Å². The Bertz CT molecular complexity index is 502. The molecule has 22 heavy (non-hydrogen) atoms. The van der Waals surface area contributed by atoms with Crippen LogP contribution < -0.4 is 4.74 Å². The van der Waals surface area contributed by atoms with Crippen molar-refractivity contribution in [2.45, 2.75) is 18.9 Å². The monoisotopic (exact) mass is 306 g/mol. The Morgan fingerprint density at radius 2 is 2.41 bits per heavy atom. The minimum atomic E-state index is -0.232. The molecule has 6 heteroatoms. The highest BCUT2D eigenvalue weighted by Gasteiger charge is 2.54. The lowest BCUT2D eigenvalue weighted by molar-refractivity contribution is -0.170. The SMILES string of the molecule is CCOCC(=O)N1CC2(C1)OCCC2COc1cccnc1. The Morgan fingerprint density at radius 1 is 1.55 bits per heavy atom. The maximum absolute atomic E-state index is 11.9. The molecule has 0 bridgehead atoms. The first-order valence-corrected chi connectivity index (χ1v) is 7.76. The van der Waals surface area contributed by atoms with E-state index in [1.165, 1.54) is 0 Å². The van der Waals surface area contributed by atoms with Crippen molar-refractivity contribution in [1.29, 1.82) is 0 Å². The fraction of sp³-hybridized carbons (Fsp3) is 0.625. The zero-order valence-corrected chi connectivity index (χ0v) is 12.9. The second-order valence-corrected chi connectivity index (χ2v) is 5.79. The quantitative estimate of drug-likeness (QED) is 0.788. The van der Waals surface area contributed by atoms with Crippen LogP contribution in [0, 0.1) is 5.92 Å². The van der Waals surface area contributed by atoms with Crippen molar-refractivity contribution in [2.24, 2.45) is 5.92 Å². The van der Waals surface area contributed by atoms with Crippen LogP contribution in [0.5, 0.6) is 5.75 Å². The average molecular weight is 306 g/mol. The molecule has 6 nitrogen and oxygen atoms in total. The Hall–Kier alpha value is -1.66. The Balaban J connectivity index is 1.51. The van der Waals surface area contributed by atoms with E-state index in [0.717, 1.165) is 18.8 Å². The number of ether oxygens (including phenoxy) is 3. The molecule has 3 heterocycles. The number of nitrogens with zero attached hydrogens (tertiary/aromatic N) is 2. The molecule has 1 aromatic rings. The van der Waals surface area contributed by atoms with Gasteiger partial charge in [-0.15, -0.1) is 0 Å². The molecule has 1 aromatic heterocycles. The first kappa shape index (κ1) is 15.2. The summed E-state index contributed by atoms with van der Waals surface area (Å²) in [5.41, 5.74) is -0.232. The highest BCUT2D eigenvalue weighted by Crippen LogP contribution is 2.40. The lowest BCUT2D eigenvalue weighted by Crippen LogP contribution is -2.67. The number of amides is 1. The van der Waals surface area contributed by atoms with Gasteiger partial charge in [-0.2, -0.15) is 0 Å². The second-order valence-electron chi connectivity index (χ2n) is 5.79. The number of carbonyl (C=O) groups is 1. The molecular formula is C16H22N2O4. The first-order valence-electron chi connectivity index (χ1n) is 7.76. The van der Waals surface area contributed by atoms with Gasteiger partial charge in [-0.3, -0.25) is 9.78 Å². The zero-order valence-electron chi connectivity index (χ0n) is 12.9. The summed E-state index contributed by atoms with van der Waals surface area (Å²) in [7, 11) is 0.